The van der Waals surface area contributed by atoms with Gasteiger partial charge in [0.15, 0.2) is 0 Å². The Kier molecular flexibility index (Phi) is 5.57. The zero-order chi connectivity index (χ0) is 19.4. The zero-order valence-corrected chi connectivity index (χ0v) is 17.0. The largest absolute Gasteiger partial charge is 0.372 e. The van der Waals surface area contributed by atoms with E-state index in [4.69, 9.17) is 0 Å². The smallest absolute Gasteiger partial charge is 0.106 e. The van der Waals surface area contributed by atoms with Gasteiger partial charge in [-0.2, -0.15) is 5.10 Å². The van der Waals surface area contributed by atoms with E-state index >= 15 is 0 Å². The molecule has 146 valence electrons. The Labute approximate surface area is 169 Å². The molecule has 1 spiro atoms. The van der Waals surface area contributed by atoms with Crippen LogP contribution in [-0.2, 0) is 0 Å². The molecule has 0 aromatic carbocycles. The summed E-state index contributed by atoms with van der Waals surface area (Å²) in [5, 5.41) is 4.20. The van der Waals surface area contributed by atoms with Crippen LogP contribution < -0.4 is 5.43 Å². The molecule has 0 amide bonds. The predicted molar refractivity (Wildman–Crippen MR) is 117 cm³/mol. The molecule has 3 heteroatoms. The lowest BCUT2D eigenvalue weighted by molar-refractivity contribution is 0.135. The summed E-state index contributed by atoms with van der Waals surface area (Å²) in [6.45, 7) is 8.49. The highest BCUT2D eigenvalue weighted by atomic mass is 15.3. The number of rotatable bonds is 1. The van der Waals surface area contributed by atoms with E-state index in [1.54, 1.807) is 6.21 Å². The van der Waals surface area contributed by atoms with Crippen LogP contribution in [0.5, 0.6) is 0 Å². The Morgan fingerprint density at radius 3 is 2.68 bits per heavy atom. The quantitative estimate of drug-likeness (QED) is 0.649. The lowest BCUT2D eigenvalue weighted by Crippen LogP contribution is -2.38. The van der Waals surface area contributed by atoms with Crippen LogP contribution in [0, 0.1) is 23.2 Å². The first-order chi connectivity index (χ1) is 13.6. The molecular formula is C25H31N3. The van der Waals surface area contributed by atoms with Crippen molar-refractivity contribution < 1.29 is 0 Å². The van der Waals surface area contributed by atoms with Crippen LogP contribution >= 0.6 is 0 Å². The molecule has 2 aliphatic heterocycles. The van der Waals surface area contributed by atoms with Crippen molar-refractivity contribution in [1.82, 2.24) is 10.3 Å². The second-order valence-corrected chi connectivity index (χ2v) is 8.69. The van der Waals surface area contributed by atoms with Gasteiger partial charge in [0.05, 0.1) is 6.21 Å². The monoisotopic (exact) mass is 373 g/mol. The summed E-state index contributed by atoms with van der Waals surface area (Å²) in [6.07, 6.45) is 22.2. The summed E-state index contributed by atoms with van der Waals surface area (Å²) in [5.74, 6) is 6.86. The van der Waals surface area contributed by atoms with E-state index in [2.05, 4.69) is 52.1 Å². The fourth-order valence-electron chi connectivity index (χ4n) is 4.84. The third-order valence-corrected chi connectivity index (χ3v) is 6.52. The normalized spacial score (nSPS) is 31.3. The van der Waals surface area contributed by atoms with E-state index < -0.39 is 0 Å². The molecule has 3 nitrogen and oxygen atoms in total. The van der Waals surface area contributed by atoms with E-state index in [1.807, 2.05) is 19.1 Å². The summed E-state index contributed by atoms with van der Waals surface area (Å²) in [6, 6.07) is 0. The molecule has 1 N–H and O–H groups in total. The van der Waals surface area contributed by atoms with Crippen molar-refractivity contribution >= 4 is 6.21 Å². The average molecular weight is 374 g/mol. The molecule has 0 radical (unpaired) electrons. The molecule has 1 unspecified atom stereocenters. The fourth-order valence-corrected chi connectivity index (χ4v) is 4.84. The Morgan fingerprint density at radius 2 is 1.96 bits per heavy atom. The molecule has 28 heavy (non-hydrogen) atoms. The number of nitrogens with one attached hydrogen (secondary N) is 1. The van der Waals surface area contributed by atoms with Gasteiger partial charge in [-0.1, -0.05) is 43.6 Å². The van der Waals surface area contributed by atoms with Gasteiger partial charge in [0.1, 0.15) is 5.70 Å². The molecule has 0 bridgehead atoms. The van der Waals surface area contributed by atoms with Crippen molar-refractivity contribution in [2.24, 2.45) is 16.4 Å². The molecule has 0 aromatic rings. The third kappa shape index (κ3) is 4.50. The Bertz CT molecular complexity index is 825. The average Bonchev–Trinajstić information content (AvgIpc) is 3.13. The van der Waals surface area contributed by atoms with E-state index in [-0.39, 0.29) is 5.92 Å². The van der Waals surface area contributed by atoms with Gasteiger partial charge in [0.2, 0.25) is 0 Å². The molecule has 1 saturated carbocycles. The van der Waals surface area contributed by atoms with Gasteiger partial charge in [0, 0.05) is 24.7 Å². The van der Waals surface area contributed by atoms with Crippen LogP contribution in [0.3, 0.4) is 0 Å². The molecule has 2 aliphatic carbocycles. The summed E-state index contributed by atoms with van der Waals surface area (Å²) in [5.41, 5.74) is 7.90. The van der Waals surface area contributed by atoms with Crippen LogP contribution in [0.15, 0.2) is 64.6 Å². The molecular weight excluding hydrogens is 342 g/mol. The maximum atomic E-state index is 4.20. The third-order valence-electron chi connectivity index (χ3n) is 6.52. The van der Waals surface area contributed by atoms with Crippen LogP contribution in [-0.4, -0.2) is 24.2 Å². The van der Waals surface area contributed by atoms with E-state index in [0.29, 0.717) is 5.41 Å². The van der Waals surface area contributed by atoms with E-state index in [1.165, 1.54) is 57.3 Å². The highest BCUT2D eigenvalue weighted by molar-refractivity contribution is 5.79. The van der Waals surface area contributed by atoms with Gasteiger partial charge in [-0.3, -0.25) is 5.43 Å². The van der Waals surface area contributed by atoms with Crippen LogP contribution in [0.1, 0.15) is 51.9 Å². The molecule has 0 aromatic heterocycles. The van der Waals surface area contributed by atoms with Crippen LogP contribution in [0.2, 0.25) is 0 Å². The maximum absolute atomic E-state index is 4.20. The van der Waals surface area contributed by atoms with Crippen molar-refractivity contribution in [3.8, 4) is 11.8 Å². The van der Waals surface area contributed by atoms with Crippen molar-refractivity contribution in [3.63, 3.8) is 0 Å². The summed E-state index contributed by atoms with van der Waals surface area (Å²) in [7, 11) is 0. The van der Waals surface area contributed by atoms with Crippen LogP contribution in [0.25, 0.3) is 0 Å². The maximum Gasteiger partial charge on any atom is 0.106 e. The zero-order valence-electron chi connectivity index (χ0n) is 17.0. The van der Waals surface area contributed by atoms with Crippen molar-refractivity contribution in [1.29, 1.82) is 0 Å². The highest BCUT2D eigenvalue weighted by Crippen LogP contribution is 2.46. The van der Waals surface area contributed by atoms with Gasteiger partial charge in [-0.15, -0.1) is 0 Å². The second kappa shape index (κ2) is 8.27. The number of hydrazone groups is 1. The standard InChI is InChI=1S/C25H31N3/c1-20-17-21(2)19-26-27-23(18-20)8-5-22-6-9-24(10-7-22)28-15-13-25(14-16-28)11-3-4-12-25/h6,9-10,17-19,22,27H,1,3-4,7,11-16H2,2H3/b21-17-,23-18-,26-19-. The minimum Gasteiger partial charge on any atom is -0.372 e. The molecule has 4 aliphatic rings. The molecule has 4 rings (SSSR count). The molecule has 2 fully saturated rings. The van der Waals surface area contributed by atoms with E-state index in [9.17, 15) is 0 Å². The Morgan fingerprint density at radius 1 is 1.18 bits per heavy atom. The minimum absolute atomic E-state index is 0.261. The van der Waals surface area contributed by atoms with E-state index in [0.717, 1.165) is 23.3 Å². The van der Waals surface area contributed by atoms with Gasteiger partial charge in [0.25, 0.3) is 0 Å². The Balaban J connectivity index is 1.33. The fraction of sp³-hybridized carbons (Fsp3) is 0.480. The first-order valence-electron chi connectivity index (χ1n) is 10.6. The van der Waals surface area contributed by atoms with Crippen molar-refractivity contribution in [2.75, 3.05) is 13.1 Å². The number of hydrogen-bond donors (Lipinski definition) is 1. The van der Waals surface area contributed by atoms with Crippen LogP contribution in [0.4, 0.5) is 0 Å². The Hall–Kier alpha value is -2.47. The van der Waals surface area contributed by atoms with Gasteiger partial charge >= 0.3 is 0 Å². The van der Waals surface area contributed by atoms with Gasteiger partial charge in [-0.05, 0) is 73.7 Å². The first kappa shape index (κ1) is 18.9. The number of nitrogens with zero attached hydrogens (tertiary/aromatic N) is 2. The molecule has 1 atom stereocenters. The number of piperidine rings is 1. The molecule has 2 heterocycles. The van der Waals surface area contributed by atoms with Gasteiger partial charge in [-0.25, -0.2) is 0 Å². The van der Waals surface area contributed by atoms with Crippen molar-refractivity contribution in [2.45, 2.75) is 51.9 Å². The number of likely N-dealkylation sites (tertiary alicyclic amines) is 1. The highest BCUT2D eigenvalue weighted by Gasteiger charge is 2.37. The lowest BCUT2D eigenvalue weighted by Gasteiger charge is -2.41. The minimum atomic E-state index is 0.261. The van der Waals surface area contributed by atoms with Gasteiger partial charge < -0.3 is 4.90 Å². The second-order valence-electron chi connectivity index (χ2n) is 8.69. The summed E-state index contributed by atoms with van der Waals surface area (Å²) in [4.78, 5) is 2.58. The summed E-state index contributed by atoms with van der Waals surface area (Å²) >= 11 is 0. The summed E-state index contributed by atoms with van der Waals surface area (Å²) < 4.78 is 0. The molecule has 1 saturated heterocycles. The first-order valence-corrected chi connectivity index (χ1v) is 10.6. The topological polar surface area (TPSA) is 27.6 Å². The number of hydrogen-bond acceptors (Lipinski definition) is 3. The lowest BCUT2D eigenvalue weighted by atomic mass is 9.77. The predicted octanol–water partition coefficient (Wildman–Crippen LogP) is 5.08. The van der Waals surface area contributed by atoms with Crippen molar-refractivity contribution in [3.05, 3.63) is 59.5 Å². The SMILES string of the molecule is C=C1/C=C(C)\C=N/N/C(C#CC2C=CC(N3CCC4(CCCC4)CC3)=CC2)=C\1. The number of allylic oxidation sites excluding steroid dienone is 8.